The van der Waals surface area contributed by atoms with Crippen molar-refractivity contribution < 1.29 is 9.90 Å². The maximum absolute atomic E-state index is 11.0. The maximum atomic E-state index is 11.0. The summed E-state index contributed by atoms with van der Waals surface area (Å²) in [5, 5.41) is 9.05. The third-order valence-corrected chi connectivity index (χ3v) is 4.17. The lowest BCUT2D eigenvalue weighted by Crippen LogP contribution is -2.40. The highest BCUT2D eigenvalue weighted by Crippen LogP contribution is 2.22. The molecule has 0 saturated carbocycles. The molecule has 5 heteroatoms. The minimum absolute atomic E-state index is 0.141. The number of rotatable bonds is 4. The number of carboxylic acid groups (broad SMARTS) is 1. The molecular formula is C16H21N3O2. The van der Waals surface area contributed by atoms with Crippen molar-refractivity contribution in [2.75, 3.05) is 6.54 Å². The molecule has 0 amide bonds. The number of pyridine rings is 1. The summed E-state index contributed by atoms with van der Waals surface area (Å²) < 4.78 is 2.04. The normalized spacial score (nSPS) is 20.0. The van der Waals surface area contributed by atoms with Gasteiger partial charge in [-0.1, -0.05) is 12.5 Å². The molecule has 0 spiro atoms. The number of hydrogen-bond acceptors (Lipinski definition) is 3. The molecule has 3 rings (SSSR count). The van der Waals surface area contributed by atoms with Crippen LogP contribution in [0, 0.1) is 6.92 Å². The molecule has 0 aromatic carbocycles. The van der Waals surface area contributed by atoms with E-state index >= 15 is 0 Å². The lowest BCUT2D eigenvalue weighted by atomic mass is 9.99. The Kier molecular flexibility index (Phi) is 3.92. The molecule has 0 bridgehead atoms. The Morgan fingerprint density at radius 1 is 1.38 bits per heavy atom. The Labute approximate surface area is 124 Å². The molecule has 1 N–H and O–H groups in total. The summed E-state index contributed by atoms with van der Waals surface area (Å²) in [5.74, 6) is -0.711. The van der Waals surface area contributed by atoms with Crippen LogP contribution in [0.25, 0.3) is 5.65 Å². The zero-order chi connectivity index (χ0) is 14.8. The average molecular weight is 287 g/mol. The van der Waals surface area contributed by atoms with Gasteiger partial charge in [0.05, 0.1) is 12.1 Å². The molecule has 1 unspecified atom stereocenters. The van der Waals surface area contributed by atoms with Gasteiger partial charge in [-0.15, -0.1) is 0 Å². The highest BCUT2D eigenvalue weighted by atomic mass is 16.4. The topological polar surface area (TPSA) is 57.8 Å². The number of carboxylic acids is 1. The highest BCUT2D eigenvalue weighted by molar-refractivity contribution is 5.67. The van der Waals surface area contributed by atoms with E-state index in [1.54, 1.807) is 0 Å². The molecule has 1 atom stereocenters. The first-order valence-electron chi connectivity index (χ1n) is 7.52. The fourth-order valence-electron chi connectivity index (χ4n) is 3.14. The van der Waals surface area contributed by atoms with Crippen molar-refractivity contribution in [3.8, 4) is 0 Å². The largest absolute Gasteiger partial charge is 0.481 e. The van der Waals surface area contributed by atoms with Crippen molar-refractivity contribution in [1.29, 1.82) is 0 Å². The predicted octanol–water partition coefficient (Wildman–Crippen LogP) is 2.47. The standard InChI is InChI=1S/C16H21N3O2/c1-12-5-6-15-17-13(11-19(15)9-12)10-18-7-3-2-4-14(18)8-16(20)21/h5-6,9,11,14H,2-4,7-8,10H2,1H3,(H,20,21). The zero-order valence-electron chi connectivity index (χ0n) is 12.3. The summed E-state index contributed by atoms with van der Waals surface area (Å²) in [5.41, 5.74) is 3.16. The SMILES string of the molecule is Cc1ccc2nc(CN3CCCCC3CC(=O)O)cn2c1. The van der Waals surface area contributed by atoms with Gasteiger partial charge in [-0.25, -0.2) is 4.98 Å². The van der Waals surface area contributed by atoms with Crippen molar-refractivity contribution in [1.82, 2.24) is 14.3 Å². The molecule has 1 aliphatic heterocycles. The number of aromatic nitrogens is 2. The number of nitrogens with zero attached hydrogens (tertiary/aromatic N) is 3. The molecule has 0 radical (unpaired) electrons. The highest BCUT2D eigenvalue weighted by Gasteiger charge is 2.25. The summed E-state index contributed by atoms with van der Waals surface area (Å²) in [6.07, 6.45) is 7.58. The average Bonchev–Trinajstić information content (AvgIpc) is 2.82. The zero-order valence-corrected chi connectivity index (χ0v) is 12.3. The molecule has 1 saturated heterocycles. The minimum Gasteiger partial charge on any atom is -0.481 e. The van der Waals surface area contributed by atoms with Crippen LogP contribution in [-0.4, -0.2) is 37.9 Å². The van der Waals surface area contributed by atoms with Gasteiger partial charge in [-0.2, -0.15) is 0 Å². The molecule has 112 valence electrons. The van der Waals surface area contributed by atoms with Crippen molar-refractivity contribution in [3.05, 3.63) is 35.8 Å². The molecule has 5 nitrogen and oxygen atoms in total. The van der Waals surface area contributed by atoms with Gasteiger partial charge in [0.25, 0.3) is 0 Å². The summed E-state index contributed by atoms with van der Waals surface area (Å²) in [6.45, 7) is 3.76. The molecule has 2 aromatic heterocycles. The Morgan fingerprint density at radius 2 is 2.24 bits per heavy atom. The molecule has 0 aliphatic carbocycles. The monoisotopic (exact) mass is 287 g/mol. The molecule has 21 heavy (non-hydrogen) atoms. The van der Waals surface area contributed by atoms with Gasteiger partial charge in [-0.3, -0.25) is 9.69 Å². The van der Waals surface area contributed by atoms with Crippen molar-refractivity contribution in [3.63, 3.8) is 0 Å². The maximum Gasteiger partial charge on any atom is 0.304 e. The van der Waals surface area contributed by atoms with Crippen LogP contribution in [0.1, 0.15) is 36.9 Å². The third-order valence-electron chi connectivity index (χ3n) is 4.17. The lowest BCUT2D eigenvalue weighted by Gasteiger charge is -2.34. The number of piperidine rings is 1. The van der Waals surface area contributed by atoms with Gasteiger partial charge in [0.1, 0.15) is 5.65 Å². The number of likely N-dealkylation sites (tertiary alicyclic amines) is 1. The molecular weight excluding hydrogens is 266 g/mol. The van der Waals surface area contributed by atoms with Gasteiger partial charge in [0, 0.05) is 25.0 Å². The van der Waals surface area contributed by atoms with Gasteiger partial charge in [0.15, 0.2) is 0 Å². The molecule has 1 fully saturated rings. The van der Waals surface area contributed by atoms with E-state index in [9.17, 15) is 4.79 Å². The van der Waals surface area contributed by atoms with Crippen molar-refractivity contribution >= 4 is 11.6 Å². The molecule has 2 aromatic rings. The number of fused-ring (bicyclic) bond motifs is 1. The van der Waals surface area contributed by atoms with Crippen molar-refractivity contribution in [2.45, 2.75) is 45.2 Å². The Morgan fingerprint density at radius 3 is 3.05 bits per heavy atom. The number of hydrogen-bond donors (Lipinski definition) is 1. The Bertz CT molecular complexity index is 650. The summed E-state index contributed by atoms with van der Waals surface area (Å²) >= 11 is 0. The van der Waals surface area contributed by atoms with Gasteiger partial charge >= 0.3 is 5.97 Å². The molecule has 1 aliphatic rings. The number of imidazole rings is 1. The first kappa shape index (κ1) is 14.1. The predicted molar refractivity (Wildman–Crippen MR) is 80.2 cm³/mol. The minimum atomic E-state index is -0.711. The molecule has 3 heterocycles. The number of carbonyl (C=O) groups is 1. The van der Waals surface area contributed by atoms with Crippen LogP contribution in [0.2, 0.25) is 0 Å². The quantitative estimate of drug-likeness (QED) is 0.938. The third kappa shape index (κ3) is 3.24. The van der Waals surface area contributed by atoms with E-state index in [0.717, 1.165) is 43.7 Å². The smallest absolute Gasteiger partial charge is 0.304 e. The fraction of sp³-hybridized carbons (Fsp3) is 0.500. The van der Waals surface area contributed by atoms with E-state index < -0.39 is 5.97 Å². The Balaban J connectivity index is 1.77. The van der Waals surface area contributed by atoms with E-state index in [0.29, 0.717) is 0 Å². The first-order valence-corrected chi connectivity index (χ1v) is 7.52. The second-order valence-corrected chi connectivity index (χ2v) is 5.92. The van der Waals surface area contributed by atoms with Crippen LogP contribution in [0.5, 0.6) is 0 Å². The van der Waals surface area contributed by atoms with Crippen molar-refractivity contribution in [2.24, 2.45) is 0 Å². The van der Waals surface area contributed by atoms with Crippen LogP contribution >= 0.6 is 0 Å². The number of aliphatic carboxylic acids is 1. The Hall–Kier alpha value is -1.88. The van der Waals surface area contributed by atoms with Gasteiger partial charge in [-0.05, 0) is 37.9 Å². The van der Waals surface area contributed by atoms with Gasteiger partial charge in [0.2, 0.25) is 0 Å². The number of aryl methyl sites for hydroxylation is 1. The van der Waals surface area contributed by atoms with Crippen LogP contribution in [0.4, 0.5) is 0 Å². The second kappa shape index (κ2) is 5.85. The van der Waals surface area contributed by atoms with E-state index in [-0.39, 0.29) is 12.5 Å². The summed E-state index contributed by atoms with van der Waals surface area (Å²) in [4.78, 5) is 17.9. The van der Waals surface area contributed by atoms with Crippen LogP contribution in [-0.2, 0) is 11.3 Å². The fourth-order valence-corrected chi connectivity index (χ4v) is 3.14. The van der Waals surface area contributed by atoms with Crippen LogP contribution in [0.15, 0.2) is 24.5 Å². The van der Waals surface area contributed by atoms with E-state index in [1.165, 1.54) is 5.56 Å². The first-order chi connectivity index (χ1) is 10.1. The van der Waals surface area contributed by atoms with E-state index in [1.807, 2.05) is 10.5 Å². The van der Waals surface area contributed by atoms with Crippen LogP contribution in [0.3, 0.4) is 0 Å². The van der Waals surface area contributed by atoms with E-state index in [2.05, 4.69) is 35.3 Å². The summed E-state index contributed by atoms with van der Waals surface area (Å²) in [7, 11) is 0. The lowest BCUT2D eigenvalue weighted by molar-refractivity contribution is -0.138. The van der Waals surface area contributed by atoms with Gasteiger partial charge < -0.3 is 9.51 Å². The van der Waals surface area contributed by atoms with Crippen LogP contribution < -0.4 is 0 Å². The van der Waals surface area contributed by atoms with E-state index in [4.69, 9.17) is 5.11 Å². The summed E-state index contributed by atoms with van der Waals surface area (Å²) in [6, 6.07) is 4.21. The second-order valence-electron chi connectivity index (χ2n) is 5.92.